The second kappa shape index (κ2) is 11.6. The van der Waals surface area contributed by atoms with Crippen LogP contribution in [-0.2, 0) is 11.3 Å². The third kappa shape index (κ3) is 6.86. The lowest BCUT2D eigenvalue weighted by Crippen LogP contribution is -2.46. The molecule has 0 radical (unpaired) electrons. The van der Waals surface area contributed by atoms with Crippen LogP contribution in [0.4, 0.5) is 20.4 Å². The van der Waals surface area contributed by atoms with Crippen molar-refractivity contribution in [3.05, 3.63) is 53.4 Å². The van der Waals surface area contributed by atoms with Crippen LogP contribution in [0.2, 0.25) is 0 Å². The van der Waals surface area contributed by atoms with Gasteiger partial charge in [-0.1, -0.05) is 0 Å². The number of piperazine rings is 1. The zero-order chi connectivity index (χ0) is 26.6. The molecule has 1 unspecified atom stereocenters. The summed E-state index contributed by atoms with van der Waals surface area (Å²) in [6.07, 6.45) is 2.88. The van der Waals surface area contributed by atoms with Crippen LogP contribution in [0, 0.1) is 11.6 Å². The molecule has 37 heavy (non-hydrogen) atoms. The molecule has 3 aromatic rings. The van der Waals surface area contributed by atoms with E-state index < -0.39 is 23.3 Å². The van der Waals surface area contributed by atoms with Gasteiger partial charge in [0.15, 0.2) is 11.6 Å². The van der Waals surface area contributed by atoms with Gasteiger partial charge in [-0.25, -0.2) is 18.7 Å². The summed E-state index contributed by atoms with van der Waals surface area (Å²) < 4.78 is 32.3. The van der Waals surface area contributed by atoms with Crippen molar-refractivity contribution < 1.29 is 23.7 Å². The Morgan fingerprint density at radius 1 is 1.05 bits per heavy atom. The number of aliphatic hydroxyl groups is 2. The van der Waals surface area contributed by atoms with Crippen LogP contribution < -0.4 is 10.6 Å². The first kappa shape index (κ1) is 27.1. The van der Waals surface area contributed by atoms with E-state index in [1.807, 2.05) is 9.80 Å². The predicted octanol–water partition coefficient (Wildman–Crippen LogP) is 2.81. The minimum Gasteiger partial charge on any atom is -0.387 e. The van der Waals surface area contributed by atoms with Crippen molar-refractivity contribution in [2.24, 2.45) is 0 Å². The Bertz CT molecular complexity index is 1200. The highest BCUT2D eigenvalue weighted by atomic mass is 19.1. The summed E-state index contributed by atoms with van der Waals surface area (Å²) in [7, 11) is 0. The number of fused-ring (bicyclic) bond motifs is 1. The Kier molecular flexibility index (Phi) is 8.48. The molecule has 2 saturated heterocycles. The van der Waals surface area contributed by atoms with Crippen molar-refractivity contribution in [2.75, 3.05) is 50.0 Å². The fraction of sp³-hybridized carbons (Fsp3) is 0.500. The molecular formula is C26H34F2N6O3. The Morgan fingerprint density at radius 2 is 1.76 bits per heavy atom. The monoisotopic (exact) mass is 516 g/mol. The van der Waals surface area contributed by atoms with E-state index in [0.29, 0.717) is 55.1 Å². The van der Waals surface area contributed by atoms with Crippen LogP contribution in [0.1, 0.15) is 44.1 Å². The molecule has 200 valence electrons. The molecule has 2 fully saturated rings. The maximum absolute atomic E-state index is 13.9. The molecule has 9 nitrogen and oxygen atoms in total. The first-order valence-electron chi connectivity index (χ1n) is 12.4. The molecule has 1 aromatic carbocycles. The van der Waals surface area contributed by atoms with Gasteiger partial charge in [-0.05, 0) is 51.0 Å². The van der Waals surface area contributed by atoms with E-state index in [1.165, 1.54) is 39.0 Å². The maximum atomic E-state index is 13.9. The lowest BCUT2D eigenvalue weighted by atomic mass is 9.98. The number of benzene rings is 1. The van der Waals surface area contributed by atoms with Gasteiger partial charge in [0.2, 0.25) is 0 Å². The molecule has 0 aliphatic carbocycles. The Balaban J connectivity index is 0.000000572. The minimum atomic E-state index is -1.35. The fourth-order valence-corrected chi connectivity index (χ4v) is 4.26. The quantitative estimate of drug-likeness (QED) is 0.470. The molecule has 4 N–H and O–H groups in total. The number of halogens is 2. The number of nitrogen functional groups attached to an aromatic ring is 1. The molecule has 0 bridgehead atoms. The molecule has 5 rings (SSSR count). The van der Waals surface area contributed by atoms with Crippen molar-refractivity contribution >= 4 is 22.7 Å². The highest BCUT2D eigenvalue weighted by Crippen LogP contribution is 2.28. The number of hydrogen-bond donors (Lipinski definition) is 3. The van der Waals surface area contributed by atoms with Crippen LogP contribution in [-0.4, -0.2) is 75.1 Å². The summed E-state index contributed by atoms with van der Waals surface area (Å²) in [5, 5.41) is 20.3. The molecule has 0 amide bonds. The van der Waals surface area contributed by atoms with Gasteiger partial charge in [-0.15, -0.1) is 0 Å². The number of ether oxygens (including phenoxy) is 1. The Labute approximate surface area is 214 Å². The molecule has 0 spiro atoms. The van der Waals surface area contributed by atoms with E-state index >= 15 is 0 Å². The van der Waals surface area contributed by atoms with Crippen molar-refractivity contribution in [1.29, 1.82) is 0 Å². The fourth-order valence-electron chi connectivity index (χ4n) is 4.26. The lowest BCUT2D eigenvalue weighted by Gasteiger charge is -2.35. The number of nitrogens with zero attached hydrogens (tertiary/aromatic N) is 5. The van der Waals surface area contributed by atoms with Gasteiger partial charge in [0.25, 0.3) is 0 Å². The smallest absolute Gasteiger partial charge is 0.172 e. The predicted molar refractivity (Wildman–Crippen MR) is 137 cm³/mol. The van der Waals surface area contributed by atoms with Gasteiger partial charge < -0.3 is 25.6 Å². The van der Waals surface area contributed by atoms with Crippen molar-refractivity contribution in [1.82, 2.24) is 19.9 Å². The van der Waals surface area contributed by atoms with E-state index in [4.69, 9.17) is 10.5 Å². The van der Waals surface area contributed by atoms with Crippen molar-refractivity contribution in [3.63, 3.8) is 0 Å². The Hall–Kier alpha value is -2.99. The summed E-state index contributed by atoms with van der Waals surface area (Å²) in [6.45, 7) is 7.78. The number of anilines is 2. The van der Waals surface area contributed by atoms with Gasteiger partial charge in [0, 0.05) is 51.5 Å². The van der Waals surface area contributed by atoms with Gasteiger partial charge in [-0.2, -0.15) is 0 Å². The van der Waals surface area contributed by atoms with Crippen LogP contribution in [0.25, 0.3) is 11.0 Å². The SMILES string of the molecule is C1CCOC1.CC(C)(O)C(O)c1cc2nc(N)c(N3CCN(Cc4cc(F)ccc4F)CC3)nc2cn1. The average Bonchev–Trinajstić information content (AvgIpc) is 3.45. The molecular weight excluding hydrogens is 482 g/mol. The third-order valence-corrected chi connectivity index (χ3v) is 6.43. The number of aromatic nitrogens is 3. The molecule has 2 aliphatic rings. The number of hydrogen-bond acceptors (Lipinski definition) is 9. The maximum Gasteiger partial charge on any atom is 0.172 e. The van der Waals surface area contributed by atoms with E-state index in [2.05, 4.69) is 15.0 Å². The van der Waals surface area contributed by atoms with Crippen LogP contribution >= 0.6 is 0 Å². The number of aliphatic hydroxyl groups excluding tert-OH is 1. The van der Waals surface area contributed by atoms with Crippen LogP contribution in [0.5, 0.6) is 0 Å². The van der Waals surface area contributed by atoms with Gasteiger partial charge in [-0.3, -0.25) is 9.88 Å². The Morgan fingerprint density at radius 3 is 2.38 bits per heavy atom. The topological polar surface area (TPSA) is 121 Å². The largest absolute Gasteiger partial charge is 0.387 e. The van der Waals surface area contributed by atoms with Gasteiger partial charge >= 0.3 is 0 Å². The van der Waals surface area contributed by atoms with E-state index in [0.717, 1.165) is 25.3 Å². The summed E-state index contributed by atoms with van der Waals surface area (Å²) >= 11 is 0. The van der Waals surface area contributed by atoms with Crippen LogP contribution in [0.15, 0.2) is 30.5 Å². The zero-order valence-electron chi connectivity index (χ0n) is 21.2. The number of pyridine rings is 1. The summed E-state index contributed by atoms with van der Waals surface area (Å²) in [6, 6.07) is 5.05. The van der Waals surface area contributed by atoms with E-state index in [-0.39, 0.29) is 11.5 Å². The second-order valence-electron chi connectivity index (χ2n) is 9.90. The van der Waals surface area contributed by atoms with Gasteiger partial charge in [0.1, 0.15) is 23.3 Å². The normalized spacial score (nSPS) is 17.5. The first-order chi connectivity index (χ1) is 17.6. The molecule has 11 heteroatoms. The highest BCUT2D eigenvalue weighted by Gasteiger charge is 2.28. The number of nitrogens with two attached hydrogens (primary N) is 1. The van der Waals surface area contributed by atoms with Gasteiger partial charge in [0.05, 0.1) is 23.0 Å². The molecule has 0 saturated carbocycles. The minimum absolute atomic E-state index is 0.247. The summed E-state index contributed by atoms with van der Waals surface area (Å²) in [5.41, 5.74) is 6.42. The molecule has 2 aliphatic heterocycles. The highest BCUT2D eigenvalue weighted by molar-refractivity contribution is 5.79. The molecule has 1 atom stereocenters. The standard InChI is InChI=1S/C22H26F2N6O2.C4H8O/c1-22(2,32)19(31)17-10-16-18(11-26-17)28-21(20(25)27-16)30-7-5-29(6-8-30)12-13-9-14(23)3-4-15(13)24;1-2-4-5-3-1/h3-4,9-11,19,31-32H,5-8,12H2,1-2H3,(H2,25,27);1-4H2. The molecule has 2 aromatic heterocycles. The van der Waals surface area contributed by atoms with E-state index in [1.54, 1.807) is 6.07 Å². The average molecular weight is 517 g/mol. The molecule has 4 heterocycles. The summed E-state index contributed by atoms with van der Waals surface area (Å²) in [5.74, 6) is -0.0881. The number of rotatable bonds is 5. The van der Waals surface area contributed by atoms with Crippen molar-refractivity contribution in [3.8, 4) is 0 Å². The van der Waals surface area contributed by atoms with E-state index in [9.17, 15) is 19.0 Å². The zero-order valence-corrected chi connectivity index (χ0v) is 21.2. The summed E-state index contributed by atoms with van der Waals surface area (Å²) in [4.78, 5) is 17.3. The lowest BCUT2D eigenvalue weighted by molar-refractivity contribution is -0.0516. The first-order valence-corrected chi connectivity index (χ1v) is 12.4. The third-order valence-electron chi connectivity index (χ3n) is 6.43. The van der Waals surface area contributed by atoms with Crippen molar-refractivity contribution in [2.45, 2.75) is 44.9 Å². The second-order valence-corrected chi connectivity index (χ2v) is 9.90. The van der Waals surface area contributed by atoms with Crippen LogP contribution in [0.3, 0.4) is 0 Å².